The van der Waals surface area contributed by atoms with Crippen molar-refractivity contribution in [3.63, 3.8) is 0 Å². The molecule has 0 saturated heterocycles. The molecular formula is C31H27Cl2N3O6S. The van der Waals surface area contributed by atoms with Crippen molar-refractivity contribution in [1.29, 1.82) is 0 Å². The predicted molar refractivity (Wildman–Crippen MR) is 168 cm³/mol. The van der Waals surface area contributed by atoms with E-state index in [1.54, 1.807) is 62.6 Å². The van der Waals surface area contributed by atoms with E-state index in [9.17, 15) is 19.2 Å². The Morgan fingerprint density at radius 2 is 1.79 bits per heavy atom. The zero-order valence-electron chi connectivity index (χ0n) is 23.2. The van der Waals surface area contributed by atoms with Crippen molar-refractivity contribution in [2.75, 3.05) is 19.0 Å². The van der Waals surface area contributed by atoms with E-state index < -0.39 is 23.3 Å². The van der Waals surface area contributed by atoms with E-state index in [1.807, 2.05) is 12.1 Å². The summed E-state index contributed by atoms with van der Waals surface area (Å²) in [5.74, 6) is -0.773. The van der Waals surface area contributed by atoms with Gasteiger partial charge in [0.2, 0.25) is 5.91 Å². The molecule has 0 aliphatic carbocycles. The van der Waals surface area contributed by atoms with Crippen molar-refractivity contribution in [2.45, 2.75) is 20.0 Å². The van der Waals surface area contributed by atoms with Crippen LogP contribution in [-0.2, 0) is 27.4 Å². The number of amides is 2. The lowest BCUT2D eigenvalue weighted by Gasteiger charge is -2.08. The van der Waals surface area contributed by atoms with E-state index in [4.69, 9.17) is 32.7 Å². The summed E-state index contributed by atoms with van der Waals surface area (Å²) in [7, 11) is 1.57. The number of benzene rings is 3. The van der Waals surface area contributed by atoms with Gasteiger partial charge in [0.1, 0.15) is 17.0 Å². The Hall–Kier alpha value is -4.38. The van der Waals surface area contributed by atoms with Crippen LogP contribution in [0.2, 0.25) is 10.0 Å². The highest BCUT2D eigenvalue weighted by atomic mass is 35.5. The van der Waals surface area contributed by atoms with Gasteiger partial charge in [-0.05, 0) is 66.6 Å². The first kappa shape index (κ1) is 31.6. The largest absolute Gasteiger partial charge is 0.497 e. The molecule has 9 nitrogen and oxygen atoms in total. The lowest BCUT2D eigenvalue weighted by atomic mass is 10.1. The molecule has 1 aromatic heterocycles. The van der Waals surface area contributed by atoms with Gasteiger partial charge in [-0.25, -0.2) is 4.79 Å². The molecule has 0 radical (unpaired) electrons. The lowest BCUT2D eigenvalue weighted by molar-refractivity contribution is -0.135. The van der Waals surface area contributed by atoms with Gasteiger partial charge in [-0.15, -0.1) is 11.3 Å². The maximum absolute atomic E-state index is 13.4. The van der Waals surface area contributed by atoms with Gasteiger partial charge in [0.25, 0.3) is 11.5 Å². The van der Waals surface area contributed by atoms with Crippen LogP contribution in [-0.4, -0.2) is 36.1 Å². The topological polar surface area (TPSA) is 116 Å². The van der Waals surface area contributed by atoms with Crippen molar-refractivity contribution >= 4 is 70.2 Å². The summed E-state index contributed by atoms with van der Waals surface area (Å²) in [4.78, 5) is 51.2. The van der Waals surface area contributed by atoms with E-state index in [0.717, 1.165) is 16.9 Å². The quantitative estimate of drug-likeness (QED) is 0.254. The molecule has 0 aliphatic rings. The Morgan fingerprint density at radius 3 is 2.49 bits per heavy atom. The summed E-state index contributed by atoms with van der Waals surface area (Å²) in [5.41, 5.74) is 1.73. The number of thiazole rings is 1. The molecule has 0 unspecified atom stereocenters. The van der Waals surface area contributed by atoms with Gasteiger partial charge in [0.15, 0.2) is 0 Å². The summed E-state index contributed by atoms with van der Waals surface area (Å²) in [6.45, 7) is 1.78. The lowest BCUT2D eigenvalue weighted by Crippen LogP contribution is -2.38. The third-order valence-electron chi connectivity index (χ3n) is 6.03. The number of carbonyl (C=O) groups is 3. The number of aromatic nitrogens is 1. The number of hydrogen-bond acceptors (Lipinski definition) is 7. The zero-order chi connectivity index (χ0) is 30.9. The fraction of sp³-hybridized carbons (Fsp3) is 0.161. The van der Waals surface area contributed by atoms with Gasteiger partial charge in [-0.1, -0.05) is 47.5 Å². The third-order valence-corrected chi connectivity index (χ3v) is 7.64. The fourth-order valence-electron chi connectivity index (χ4n) is 3.95. The Kier molecular flexibility index (Phi) is 10.8. The third kappa shape index (κ3) is 8.57. The number of ether oxygens (including phenoxy) is 2. The highest BCUT2D eigenvalue weighted by Crippen LogP contribution is 2.22. The van der Waals surface area contributed by atoms with Crippen LogP contribution in [0.3, 0.4) is 0 Å². The van der Waals surface area contributed by atoms with Crippen molar-refractivity contribution in [2.24, 2.45) is 0 Å². The van der Waals surface area contributed by atoms with Crippen LogP contribution >= 0.6 is 34.5 Å². The average molecular weight is 641 g/mol. The summed E-state index contributed by atoms with van der Waals surface area (Å²) in [6.07, 6.45) is 2.81. The van der Waals surface area contributed by atoms with Gasteiger partial charge in [0, 0.05) is 17.3 Å². The Bertz CT molecular complexity index is 1830. The second-order valence-electron chi connectivity index (χ2n) is 9.07. The van der Waals surface area contributed by atoms with Crippen LogP contribution in [0.1, 0.15) is 28.4 Å². The second-order valence-corrected chi connectivity index (χ2v) is 11.0. The monoisotopic (exact) mass is 639 g/mol. The molecule has 2 amide bonds. The van der Waals surface area contributed by atoms with Gasteiger partial charge in [-0.3, -0.25) is 19.0 Å². The number of nitrogens with zero attached hydrogens (tertiary/aromatic N) is 1. The molecule has 1 heterocycles. The number of rotatable bonds is 10. The minimum atomic E-state index is -0.631. The molecule has 222 valence electrons. The van der Waals surface area contributed by atoms with Crippen molar-refractivity contribution in [3.8, 4) is 5.75 Å². The number of nitrogens with one attached hydrogen (secondary N) is 2. The molecule has 12 heteroatoms. The standard InChI is InChI=1S/C31H27Cl2N3O6S/c1-3-42-29(38)16-28-36(18-27(37)34-17-19-7-10-23(41-2)11-8-19)31(40)26(43-28)14-20-5-4-6-22(13-20)35-30(39)24-12-9-21(32)15-25(24)33/h4-16H,3,17-18H2,1-2H3,(H,34,37)(H,35,39)/b26-14-,28-16-. The Morgan fingerprint density at radius 1 is 1.02 bits per heavy atom. The summed E-state index contributed by atoms with van der Waals surface area (Å²) < 4.78 is 11.9. The number of methoxy groups -OCH3 is 1. The van der Waals surface area contributed by atoms with Crippen LogP contribution in [0.25, 0.3) is 12.2 Å². The molecule has 43 heavy (non-hydrogen) atoms. The Labute approximate surface area is 261 Å². The first-order valence-electron chi connectivity index (χ1n) is 13.0. The molecule has 0 fully saturated rings. The molecular weight excluding hydrogens is 613 g/mol. The highest BCUT2D eigenvalue weighted by Gasteiger charge is 2.13. The maximum atomic E-state index is 13.4. The molecule has 0 aliphatic heterocycles. The van der Waals surface area contributed by atoms with E-state index in [0.29, 0.717) is 22.0 Å². The molecule has 0 spiro atoms. The number of anilines is 1. The highest BCUT2D eigenvalue weighted by molar-refractivity contribution is 7.07. The molecule has 0 saturated carbocycles. The fourth-order valence-corrected chi connectivity index (χ4v) is 5.48. The number of carbonyl (C=O) groups excluding carboxylic acids is 3. The summed E-state index contributed by atoms with van der Waals surface area (Å²) in [5, 5.41) is 6.20. The predicted octanol–water partition coefficient (Wildman–Crippen LogP) is 3.97. The minimum Gasteiger partial charge on any atom is -0.497 e. The molecule has 4 aromatic rings. The van der Waals surface area contributed by atoms with Gasteiger partial charge in [0.05, 0.1) is 34.9 Å². The van der Waals surface area contributed by atoms with Crippen molar-refractivity contribution < 1.29 is 23.9 Å². The van der Waals surface area contributed by atoms with E-state index in [2.05, 4.69) is 10.6 Å². The first-order chi connectivity index (χ1) is 20.7. The Balaban J connectivity index is 1.59. The van der Waals surface area contributed by atoms with E-state index in [-0.39, 0.29) is 39.5 Å². The number of esters is 1. The molecule has 2 N–H and O–H groups in total. The molecule has 3 aromatic carbocycles. The van der Waals surface area contributed by atoms with Crippen LogP contribution in [0, 0.1) is 0 Å². The number of halogens is 2. The zero-order valence-corrected chi connectivity index (χ0v) is 25.5. The molecule has 4 rings (SSSR count). The van der Waals surface area contributed by atoms with Crippen LogP contribution < -0.4 is 30.1 Å². The number of hydrogen-bond donors (Lipinski definition) is 2. The SMILES string of the molecule is CCOC(=O)/C=c1\s/c(=C\c2cccc(NC(=O)c3ccc(Cl)cc3Cl)c2)c(=O)n1CC(=O)NCc1ccc(OC)cc1. The molecule has 0 atom stereocenters. The van der Waals surface area contributed by atoms with E-state index >= 15 is 0 Å². The second kappa shape index (κ2) is 14.7. The molecule has 0 bridgehead atoms. The smallest absolute Gasteiger partial charge is 0.333 e. The van der Waals surface area contributed by atoms with E-state index in [1.165, 1.54) is 22.8 Å². The minimum absolute atomic E-state index is 0.159. The normalized spacial score (nSPS) is 11.7. The van der Waals surface area contributed by atoms with Crippen LogP contribution in [0.15, 0.2) is 71.5 Å². The average Bonchev–Trinajstić information content (AvgIpc) is 3.25. The summed E-state index contributed by atoms with van der Waals surface area (Å²) in [6, 6.07) is 18.6. The first-order valence-corrected chi connectivity index (χ1v) is 14.6. The summed E-state index contributed by atoms with van der Waals surface area (Å²) >= 11 is 13.1. The van der Waals surface area contributed by atoms with Crippen molar-refractivity contribution in [1.82, 2.24) is 9.88 Å². The maximum Gasteiger partial charge on any atom is 0.333 e. The van der Waals surface area contributed by atoms with Gasteiger partial charge >= 0.3 is 5.97 Å². The van der Waals surface area contributed by atoms with Gasteiger partial charge < -0.3 is 20.1 Å². The van der Waals surface area contributed by atoms with Crippen LogP contribution in [0.4, 0.5) is 5.69 Å². The van der Waals surface area contributed by atoms with Crippen molar-refractivity contribution in [3.05, 3.63) is 113 Å². The van der Waals surface area contributed by atoms with Gasteiger partial charge in [-0.2, -0.15) is 0 Å². The van der Waals surface area contributed by atoms with Crippen LogP contribution in [0.5, 0.6) is 5.75 Å².